The summed E-state index contributed by atoms with van der Waals surface area (Å²) >= 11 is 11.3. The number of rotatable bonds is 3. The van der Waals surface area contributed by atoms with E-state index in [9.17, 15) is 8.42 Å². The third-order valence-electron chi connectivity index (χ3n) is 2.33. The van der Waals surface area contributed by atoms with Gasteiger partial charge in [-0.15, -0.1) is 0 Å². The molecule has 21 heavy (non-hydrogen) atoms. The van der Waals surface area contributed by atoms with Crippen molar-refractivity contribution in [2.75, 3.05) is 10.5 Å². The van der Waals surface area contributed by atoms with E-state index in [0.717, 1.165) is 0 Å². The zero-order chi connectivity index (χ0) is 15.6. The van der Waals surface area contributed by atoms with Gasteiger partial charge in [0.05, 0.1) is 17.3 Å². The highest BCUT2D eigenvalue weighted by molar-refractivity contribution is 7.92. The molecule has 0 aliphatic heterocycles. The average molecular weight is 344 g/mol. The Morgan fingerprint density at radius 3 is 2.52 bits per heavy atom. The van der Waals surface area contributed by atoms with Crippen molar-refractivity contribution in [3.8, 4) is 6.07 Å². The molecule has 2 rings (SSSR count). The Kier molecular flexibility index (Phi) is 4.18. The number of hydrogen-bond acceptors (Lipinski definition) is 6. The second kappa shape index (κ2) is 5.73. The molecule has 10 heteroatoms. The summed E-state index contributed by atoms with van der Waals surface area (Å²) < 4.78 is 26.6. The lowest BCUT2D eigenvalue weighted by atomic mass is 10.2. The number of aromatic nitrogens is 2. The highest BCUT2D eigenvalue weighted by Gasteiger charge is 2.19. The van der Waals surface area contributed by atoms with Crippen LogP contribution in [0.1, 0.15) is 5.56 Å². The van der Waals surface area contributed by atoms with E-state index in [0.29, 0.717) is 0 Å². The van der Waals surface area contributed by atoms with Crippen LogP contribution in [-0.4, -0.2) is 18.4 Å². The summed E-state index contributed by atoms with van der Waals surface area (Å²) in [7, 11) is -3.99. The molecule has 0 fully saturated rings. The van der Waals surface area contributed by atoms with Gasteiger partial charge in [-0.1, -0.05) is 11.6 Å². The molecule has 0 saturated heterocycles. The SMILES string of the molecule is N#Cc1ccc(S(=O)(=O)Nc2cc(Cl)nc(Cl)n2)c(N)c1. The van der Waals surface area contributed by atoms with E-state index in [2.05, 4.69) is 14.7 Å². The fourth-order valence-electron chi connectivity index (χ4n) is 1.50. The van der Waals surface area contributed by atoms with Gasteiger partial charge in [0.25, 0.3) is 10.0 Å². The van der Waals surface area contributed by atoms with Gasteiger partial charge in [0, 0.05) is 6.07 Å². The minimum atomic E-state index is -3.99. The molecule has 7 nitrogen and oxygen atoms in total. The first kappa shape index (κ1) is 15.3. The van der Waals surface area contributed by atoms with E-state index in [1.54, 1.807) is 0 Å². The number of nitrogens with two attached hydrogens (primary N) is 1. The minimum Gasteiger partial charge on any atom is -0.398 e. The van der Waals surface area contributed by atoms with Crippen molar-refractivity contribution in [1.82, 2.24) is 9.97 Å². The van der Waals surface area contributed by atoms with Crippen LogP contribution in [0.5, 0.6) is 0 Å². The number of nitrogen functional groups attached to an aromatic ring is 1. The number of nitriles is 1. The number of halogens is 2. The first-order valence-electron chi connectivity index (χ1n) is 5.34. The lowest BCUT2D eigenvalue weighted by molar-refractivity contribution is 0.601. The maximum atomic E-state index is 12.2. The second-order valence-electron chi connectivity index (χ2n) is 3.81. The molecule has 0 atom stereocenters. The summed E-state index contributed by atoms with van der Waals surface area (Å²) in [5, 5.41) is 8.52. The number of nitrogens with one attached hydrogen (secondary N) is 1. The minimum absolute atomic E-state index is 0.0134. The molecule has 0 bridgehead atoms. The Labute approximate surface area is 130 Å². The van der Waals surface area contributed by atoms with Crippen LogP contribution in [-0.2, 0) is 10.0 Å². The summed E-state index contributed by atoms with van der Waals surface area (Å²) in [5.74, 6) is -0.0937. The molecule has 1 heterocycles. The smallest absolute Gasteiger partial charge is 0.265 e. The van der Waals surface area contributed by atoms with Crippen LogP contribution < -0.4 is 10.5 Å². The topological polar surface area (TPSA) is 122 Å². The summed E-state index contributed by atoms with van der Waals surface area (Å²) in [5.41, 5.74) is 5.83. The third-order valence-corrected chi connectivity index (χ3v) is 4.13. The first-order chi connectivity index (χ1) is 9.81. The quantitative estimate of drug-likeness (QED) is 0.499. The van der Waals surface area contributed by atoms with E-state index in [4.69, 9.17) is 34.2 Å². The fraction of sp³-hybridized carbons (Fsp3) is 0. The number of hydrogen-bond donors (Lipinski definition) is 2. The van der Waals surface area contributed by atoms with Gasteiger partial charge < -0.3 is 5.73 Å². The predicted molar refractivity (Wildman–Crippen MR) is 78.4 cm³/mol. The van der Waals surface area contributed by atoms with Crippen LogP contribution in [0, 0.1) is 11.3 Å². The second-order valence-corrected chi connectivity index (χ2v) is 6.19. The van der Waals surface area contributed by atoms with Crippen molar-refractivity contribution in [3.63, 3.8) is 0 Å². The van der Waals surface area contributed by atoms with Crippen LogP contribution in [0.15, 0.2) is 29.2 Å². The number of sulfonamides is 1. The molecule has 1 aromatic carbocycles. The van der Waals surface area contributed by atoms with Gasteiger partial charge in [0.15, 0.2) is 0 Å². The van der Waals surface area contributed by atoms with Gasteiger partial charge in [0.1, 0.15) is 15.9 Å². The van der Waals surface area contributed by atoms with E-state index >= 15 is 0 Å². The maximum Gasteiger partial charge on any atom is 0.265 e. The van der Waals surface area contributed by atoms with E-state index in [1.807, 2.05) is 6.07 Å². The molecule has 108 valence electrons. The zero-order valence-electron chi connectivity index (χ0n) is 10.2. The maximum absolute atomic E-state index is 12.2. The van der Waals surface area contributed by atoms with Crippen molar-refractivity contribution >= 4 is 44.7 Å². The standard InChI is InChI=1S/C11H7Cl2N5O2S/c12-9-4-10(17-11(13)16-9)18-21(19,20)8-2-1-6(5-14)3-7(8)15/h1-4H,15H2,(H,16,17,18). The van der Waals surface area contributed by atoms with Crippen molar-refractivity contribution in [2.45, 2.75) is 4.90 Å². The van der Waals surface area contributed by atoms with Crippen LogP contribution in [0.25, 0.3) is 0 Å². The summed E-state index contributed by atoms with van der Waals surface area (Å²) in [6, 6.07) is 6.88. The molecule has 1 aromatic heterocycles. The Bertz CT molecular complexity index is 828. The first-order valence-corrected chi connectivity index (χ1v) is 7.58. The summed E-state index contributed by atoms with van der Waals surface area (Å²) in [6.45, 7) is 0. The highest BCUT2D eigenvalue weighted by atomic mass is 35.5. The number of anilines is 2. The largest absolute Gasteiger partial charge is 0.398 e. The number of nitrogens with zero attached hydrogens (tertiary/aromatic N) is 3. The highest BCUT2D eigenvalue weighted by Crippen LogP contribution is 2.23. The van der Waals surface area contributed by atoms with Gasteiger partial charge in [-0.2, -0.15) is 10.2 Å². The molecule has 0 aliphatic rings. The predicted octanol–water partition coefficient (Wildman–Crippen LogP) is 2.04. The number of benzene rings is 1. The summed E-state index contributed by atoms with van der Waals surface area (Å²) in [4.78, 5) is 7.11. The normalized spacial score (nSPS) is 10.9. The van der Waals surface area contributed by atoms with Gasteiger partial charge in [0.2, 0.25) is 5.28 Å². The lowest BCUT2D eigenvalue weighted by Crippen LogP contribution is -2.16. The molecule has 2 aromatic rings. The van der Waals surface area contributed by atoms with Gasteiger partial charge in [-0.25, -0.2) is 13.4 Å². The monoisotopic (exact) mass is 343 g/mol. The Hall–Kier alpha value is -2.08. The van der Waals surface area contributed by atoms with Gasteiger partial charge >= 0.3 is 0 Å². The average Bonchev–Trinajstić information content (AvgIpc) is 2.36. The van der Waals surface area contributed by atoms with Crippen LogP contribution in [0.3, 0.4) is 0 Å². The van der Waals surface area contributed by atoms with Crippen molar-refractivity contribution in [3.05, 3.63) is 40.3 Å². The third kappa shape index (κ3) is 3.52. The molecule has 3 N–H and O–H groups in total. The van der Waals surface area contributed by atoms with Crippen molar-refractivity contribution in [1.29, 1.82) is 5.26 Å². The lowest BCUT2D eigenvalue weighted by Gasteiger charge is -2.09. The zero-order valence-corrected chi connectivity index (χ0v) is 12.5. The summed E-state index contributed by atoms with van der Waals surface area (Å²) in [6.07, 6.45) is 0. The van der Waals surface area contributed by atoms with Crippen molar-refractivity contribution in [2.24, 2.45) is 0 Å². The van der Waals surface area contributed by atoms with E-state index in [1.165, 1.54) is 24.3 Å². The van der Waals surface area contributed by atoms with Crippen LogP contribution >= 0.6 is 23.2 Å². The molecule has 0 spiro atoms. The van der Waals surface area contributed by atoms with E-state index in [-0.39, 0.29) is 32.4 Å². The molecule has 0 amide bonds. The fourth-order valence-corrected chi connectivity index (χ4v) is 3.01. The van der Waals surface area contributed by atoms with Crippen LogP contribution in [0.2, 0.25) is 10.4 Å². The Morgan fingerprint density at radius 1 is 1.24 bits per heavy atom. The van der Waals surface area contributed by atoms with Gasteiger partial charge in [-0.05, 0) is 29.8 Å². The Morgan fingerprint density at radius 2 is 1.95 bits per heavy atom. The molecule has 0 radical (unpaired) electrons. The Balaban J connectivity index is 2.41. The van der Waals surface area contributed by atoms with Crippen LogP contribution in [0.4, 0.5) is 11.5 Å². The van der Waals surface area contributed by atoms with Gasteiger partial charge in [-0.3, -0.25) is 4.72 Å². The molecular formula is C11H7Cl2N5O2S. The van der Waals surface area contributed by atoms with E-state index < -0.39 is 10.0 Å². The molecular weight excluding hydrogens is 337 g/mol. The van der Waals surface area contributed by atoms with Crippen molar-refractivity contribution < 1.29 is 8.42 Å². The molecule has 0 unspecified atom stereocenters. The molecule has 0 aliphatic carbocycles. The molecule has 0 saturated carbocycles.